The zero-order valence-corrected chi connectivity index (χ0v) is 14.4. The molecule has 0 radical (unpaired) electrons. The first-order chi connectivity index (χ1) is 12.7. The number of nitrogens with one attached hydrogen (secondary N) is 1. The van der Waals surface area contributed by atoms with Gasteiger partial charge in [-0.15, -0.1) is 0 Å². The van der Waals surface area contributed by atoms with Crippen molar-refractivity contribution in [2.24, 2.45) is 0 Å². The van der Waals surface area contributed by atoms with Gasteiger partial charge in [0.2, 0.25) is 6.10 Å². The Hall–Kier alpha value is -3.28. The predicted octanol–water partition coefficient (Wildman–Crippen LogP) is 2.64. The number of carbonyl (C=O) groups excluding carboxylic acids is 1. The van der Waals surface area contributed by atoms with E-state index in [-0.39, 0.29) is 12.5 Å². The Morgan fingerprint density at radius 2 is 1.96 bits per heavy atom. The van der Waals surface area contributed by atoms with Gasteiger partial charge in [0.1, 0.15) is 12.4 Å². The van der Waals surface area contributed by atoms with Crippen LogP contribution in [0.1, 0.15) is 11.4 Å². The second kappa shape index (κ2) is 6.92. The third-order valence-electron chi connectivity index (χ3n) is 4.33. The molecule has 0 saturated heterocycles. The predicted molar refractivity (Wildman–Crippen MR) is 96.5 cm³/mol. The van der Waals surface area contributed by atoms with Crippen LogP contribution in [0.2, 0.25) is 0 Å². The SMILES string of the molecule is Cc1nccn1-c1ccccc1CNC(=O)C1COc2ccccc2O1. The number of rotatable bonds is 4. The lowest BCUT2D eigenvalue weighted by atomic mass is 10.1. The van der Waals surface area contributed by atoms with Gasteiger partial charge in [-0.05, 0) is 30.7 Å². The molecule has 0 spiro atoms. The average molecular weight is 349 g/mol. The van der Waals surface area contributed by atoms with Gasteiger partial charge in [-0.1, -0.05) is 30.3 Å². The fourth-order valence-corrected chi connectivity index (χ4v) is 2.97. The zero-order chi connectivity index (χ0) is 17.9. The average Bonchev–Trinajstić information content (AvgIpc) is 3.11. The summed E-state index contributed by atoms with van der Waals surface area (Å²) in [6.45, 7) is 2.54. The maximum Gasteiger partial charge on any atom is 0.264 e. The number of aryl methyl sites for hydroxylation is 1. The van der Waals surface area contributed by atoms with E-state index in [4.69, 9.17) is 9.47 Å². The van der Waals surface area contributed by atoms with Crippen LogP contribution in [0.3, 0.4) is 0 Å². The van der Waals surface area contributed by atoms with Crippen molar-refractivity contribution < 1.29 is 14.3 Å². The van der Waals surface area contributed by atoms with Crippen LogP contribution >= 0.6 is 0 Å². The molecule has 1 aliphatic heterocycles. The number of hydrogen-bond donors (Lipinski definition) is 1. The van der Waals surface area contributed by atoms with Crippen LogP contribution < -0.4 is 14.8 Å². The van der Waals surface area contributed by atoms with Crippen molar-refractivity contribution in [1.29, 1.82) is 0 Å². The molecule has 132 valence electrons. The van der Waals surface area contributed by atoms with Crippen molar-refractivity contribution in [3.63, 3.8) is 0 Å². The minimum Gasteiger partial charge on any atom is -0.485 e. The summed E-state index contributed by atoms with van der Waals surface area (Å²) in [7, 11) is 0. The number of imidazole rings is 1. The van der Waals surface area contributed by atoms with Gasteiger partial charge in [0.25, 0.3) is 5.91 Å². The summed E-state index contributed by atoms with van der Waals surface area (Å²) in [5.74, 6) is 1.95. The minimum absolute atomic E-state index is 0.198. The normalized spacial score (nSPS) is 15.5. The number of amides is 1. The standard InChI is InChI=1S/C20H19N3O3/c1-14-21-10-11-23(14)16-7-3-2-6-15(16)12-22-20(24)19-13-25-17-8-4-5-9-18(17)26-19/h2-11,19H,12-13H2,1H3,(H,22,24). The highest BCUT2D eigenvalue weighted by atomic mass is 16.6. The molecule has 2 aromatic carbocycles. The Morgan fingerprint density at radius 3 is 2.77 bits per heavy atom. The molecule has 3 aromatic rings. The Morgan fingerprint density at radius 1 is 1.19 bits per heavy atom. The summed E-state index contributed by atoms with van der Waals surface area (Å²) in [6, 6.07) is 15.3. The number of hydrogen-bond acceptors (Lipinski definition) is 4. The highest BCUT2D eigenvalue weighted by Gasteiger charge is 2.27. The molecule has 1 aliphatic rings. The first-order valence-corrected chi connectivity index (χ1v) is 8.47. The molecule has 1 N–H and O–H groups in total. The molecule has 6 heteroatoms. The van der Waals surface area contributed by atoms with E-state index in [2.05, 4.69) is 10.3 Å². The second-order valence-electron chi connectivity index (χ2n) is 6.06. The van der Waals surface area contributed by atoms with Crippen LogP contribution in [0.25, 0.3) is 5.69 Å². The first-order valence-electron chi connectivity index (χ1n) is 8.47. The smallest absolute Gasteiger partial charge is 0.264 e. The van der Waals surface area contributed by atoms with Crippen LogP contribution in [0, 0.1) is 6.92 Å². The third kappa shape index (κ3) is 3.13. The van der Waals surface area contributed by atoms with Gasteiger partial charge in [-0.3, -0.25) is 4.79 Å². The Labute approximate surface area is 151 Å². The topological polar surface area (TPSA) is 65.4 Å². The lowest BCUT2D eigenvalue weighted by Crippen LogP contribution is -2.43. The van der Waals surface area contributed by atoms with Crippen molar-refractivity contribution in [1.82, 2.24) is 14.9 Å². The lowest BCUT2D eigenvalue weighted by Gasteiger charge is -2.25. The van der Waals surface area contributed by atoms with Crippen molar-refractivity contribution in [2.75, 3.05) is 6.61 Å². The molecule has 1 unspecified atom stereocenters. The van der Waals surface area contributed by atoms with E-state index in [0.29, 0.717) is 18.0 Å². The van der Waals surface area contributed by atoms with Crippen molar-refractivity contribution in [2.45, 2.75) is 19.6 Å². The molecule has 4 rings (SSSR count). The van der Waals surface area contributed by atoms with Gasteiger partial charge < -0.3 is 19.4 Å². The summed E-state index contributed by atoms with van der Waals surface area (Å²) in [4.78, 5) is 16.8. The van der Waals surface area contributed by atoms with E-state index in [1.54, 1.807) is 12.3 Å². The van der Waals surface area contributed by atoms with Crippen LogP contribution in [0.4, 0.5) is 0 Å². The number of carbonyl (C=O) groups is 1. The molecule has 2 heterocycles. The van der Waals surface area contributed by atoms with Crippen molar-refractivity contribution >= 4 is 5.91 Å². The van der Waals surface area contributed by atoms with Gasteiger partial charge in [-0.2, -0.15) is 0 Å². The molecule has 1 amide bonds. The first kappa shape index (κ1) is 16.2. The van der Waals surface area contributed by atoms with E-state index in [1.165, 1.54) is 0 Å². The van der Waals surface area contributed by atoms with E-state index in [9.17, 15) is 4.79 Å². The number of para-hydroxylation sites is 3. The highest BCUT2D eigenvalue weighted by Crippen LogP contribution is 2.30. The van der Waals surface area contributed by atoms with Gasteiger partial charge >= 0.3 is 0 Å². The highest BCUT2D eigenvalue weighted by molar-refractivity contribution is 5.81. The summed E-state index contributed by atoms with van der Waals surface area (Å²) in [5, 5.41) is 2.94. The Bertz CT molecular complexity index is 935. The monoisotopic (exact) mass is 349 g/mol. The molecule has 1 atom stereocenters. The quantitative estimate of drug-likeness (QED) is 0.786. The second-order valence-corrected chi connectivity index (χ2v) is 6.06. The summed E-state index contributed by atoms with van der Waals surface area (Å²) in [5.41, 5.74) is 1.99. The van der Waals surface area contributed by atoms with Gasteiger partial charge in [0.15, 0.2) is 11.5 Å². The van der Waals surface area contributed by atoms with Gasteiger partial charge in [0.05, 0.1) is 5.69 Å². The number of benzene rings is 2. The zero-order valence-electron chi connectivity index (χ0n) is 14.4. The fourth-order valence-electron chi connectivity index (χ4n) is 2.97. The Balaban J connectivity index is 1.45. The summed E-state index contributed by atoms with van der Waals surface area (Å²) < 4.78 is 13.4. The Kier molecular flexibility index (Phi) is 4.31. The van der Waals surface area contributed by atoms with Gasteiger partial charge in [0, 0.05) is 18.9 Å². The van der Waals surface area contributed by atoms with E-state index in [1.807, 2.05) is 60.2 Å². The van der Waals surface area contributed by atoms with E-state index >= 15 is 0 Å². The van der Waals surface area contributed by atoms with Crippen molar-refractivity contribution in [3.8, 4) is 17.2 Å². The molecule has 1 aromatic heterocycles. The van der Waals surface area contributed by atoms with Gasteiger partial charge in [-0.25, -0.2) is 4.98 Å². The molecule has 6 nitrogen and oxygen atoms in total. The number of ether oxygens (including phenoxy) is 2. The summed E-state index contributed by atoms with van der Waals surface area (Å²) >= 11 is 0. The largest absolute Gasteiger partial charge is 0.485 e. The van der Waals surface area contributed by atoms with E-state index < -0.39 is 6.10 Å². The summed E-state index contributed by atoms with van der Waals surface area (Å²) in [6.07, 6.45) is 3.01. The molecule has 0 aliphatic carbocycles. The van der Waals surface area contributed by atoms with Crippen LogP contribution in [-0.2, 0) is 11.3 Å². The molecule has 0 fully saturated rings. The molecular weight excluding hydrogens is 330 g/mol. The molecule has 26 heavy (non-hydrogen) atoms. The van der Waals surface area contributed by atoms with Crippen LogP contribution in [-0.4, -0.2) is 28.2 Å². The maximum atomic E-state index is 12.5. The van der Waals surface area contributed by atoms with Crippen molar-refractivity contribution in [3.05, 3.63) is 72.3 Å². The number of aromatic nitrogens is 2. The minimum atomic E-state index is -0.660. The number of nitrogens with zero attached hydrogens (tertiary/aromatic N) is 2. The van der Waals surface area contributed by atoms with Crippen LogP contribution in [0.15, 0.2) is 60.9 Å². The molecule has 0 saturated carbocycles. The molecule has 0 bridgehead atoms. The van der Waals surface area contributed by atoms with Crippen LogP contribution in [0.5, 0.6) is 11.5 Å². The maximum absolute atomic E-state index is 12.5. The molecular formula is C20H19N3O3. The fraction of sp³-hybridized carbons (Fsp3) is 0.200. The van der Waals surface area contributed by atoms with E-state index in [0.717, 1.165) is 17.1 Å². The number of fused-ring (bicyclic) bond motifs is 1. The third-order valence-corrected chi connectivity index (χ3v) is 4.33. The lowest BCUT2D eigenvalue weighted by molar-refractivity contribution is -0.130.